The van der Waals surface area contributed by atoms with E-state index in [2.05, 4.69) is 4.90 Å². The van der Waals surface area contributed by atoms with Gasteiger partial charge in [0.25, 0.3) is 5.91 Å². The first-order valence-corrected chi connectivity index (χ1v) is 7.31. The zero-order chi connectivity index (χ0) is 16.9. The fourth-order valence-corrected chi connectivity index (χ4v) is 2.34. The molecule has 1 aliphatic rings. The number of rotatable bonds is 5. The first-order chi connectivity index (χ1) is 10.9. The maximum absolute atomic E-state index is 12.4. The van der Waals surface area contributed by atoms with Gasteiger partial charge < -0.3 is 14.7 Å². The molecule has 0 saturated carbocycles. The van der Waals surface area contributed by atoms with Crippen molar-refractivity contribution in [1.82, 2.24) is 9.80 Å². The molecule has 0 spiro atoms. The molecule has 0 aliphatic carbocycles. The minimum absolute atomic E-state index is 0.0883. The molecule has 8 heteroatoms. The number of aliphatic hydroxyl groups is 1. The van der Waals surface area contributed by atoms with Crippen LogP contribution in [-0.2, 0) is 11.0 Å². The number of halogens is 3. The second-order valence-corrected chi connectivity index (χ2v) is 5.26. The monoisotopic (exact) mass is 332 g/mol. The highest BCUT2D eigenvalue weighted by Gasteiger charge is 2.30. The Balaban J connectivity index is 1.78. The fourth-order valence-electron chi connectivity index (χ4n) is 2.34. The number of carbonyl (C=O) groups is 1. The SMILES string of the molecule is O=C(COc1ccc(C(F)(F)F)cc1)N1CCN(CCO)CC1. The van der Waals surface area contributed by atoms with Gasteiger partial charge in [-0.3, -0.25) is 9.69 Å². The average molecular weight is 332 g/mol. The maximum atomic E-state index is 12.4. The van der Waals surface area contributed by atoms with Crippen LogP contribution in [-0.4, -0.2) is 66.8 Å². The van der Waals surface area contributed by atoms with E-state index in [0.717, 1.165) is 12.1 Å². The predicted molar refractivity (Wildman–Crippen MR) is 77.0 cm³/mol. The highest BCUT2D eigenvalue weighted by Crippen LogP contribution is 2.30. The molecule has 23 heavy (non-hydrogen) atoms. The van der Waals surface area contributed by atoms with Crippen LogP contribution in [0.2, 0.25) is 0 Å². The Morgan fingerprint density at radius 3 is 2.26 bits per heavy atom. The third kappa shape index (κ3) is 5.11. The second-order valence-electron chi connectivity index (χ2n) is 5.26. The zero-order valence-electron chi connectivity index (χ0n) is 12.6. The summed E-state index contributed by atoms with van der Waals surface area (Å²) in [6.45, 7) is 2.95. The molecule has 1 aliphatic heterocycles. The third-order valence-electron chi connectivity index (χ3n) is 3.69. The Morgan fingerprint density at radius 2 is 1.74 bits per heavy atom. The van der Waals surface area contributed by atoms with Crippen molar-refractivity contribution in [2.24, 2.45) is 0 Å². The van der Waals surface area contributed by atoms with Crippen LogP contribution in [0, 0.1) is 0 Å². The number of nitrogens with zero attached hydrogens (tertiary/aromatic N) is 2. The molecule has 1 aromatic rings. The van der Waals surface area contributed by atoms with E-state index >= 15 is 0 Å². The largest absolute Gasteiger partial charge is 0.484 e. The molecule has 1 fully saturated rings. The molecule has 1 heterocycles. The Labute approximate surface area is 132 Å². The summed E-state index contributed by atoms with van der Waals surface area (Å²) in [7, 11) is 0. The normalized spacial score (nSPS) is 16.4. The maximum Gasteiger partial charge on any atom is 0.416 e. The van der Waals surface area contributed by atoms with E-state index in [1.54, 1.807) is 4.90 Å². The van der Waals surface area contributed by atoms with Gasteiger partial charge in [0.05, 0.1) is 12.2 Å². The Kier molecular flexibility index (Phi) is 5.84. The highest BCUT2D eigenvalue weighted by atomic mass is 19.4. The number of hydrogen-bond acceptors (Lipinski definition) is 4. The lowest BCUT2D eigenvalue weighted by Crippen LogP contribution is -2.50. The molecular formula is C15H19F3N2O3. The van der Waals surface area contributed by atoms with Crippen molar-refractivity contribution in [3.63, 3.8) is 0 Å². The van der Waals surface area contributed by atoms with Crippen LogP contribution in [0.3, 0.4) is 0 Å². The number of carbonyl (C=O) groups excluding carboxylic acids is 1. The smallest absolute Gasteiger partial charge is 0.416 e. The summed E-state index contributed by atoms with van der Waals surface area (Å²) >= 11 is 0. The lowest BCUT2D eigenvalue weighted by atomic mass is 10.2. The van der Waals surface area contributed by atoms with Crippen LogP contribution in [0.1, 0.15) is 5.56 Å². The molecule has 128 valence electrons. The lowest BCUT2D eigenvalue weighted by molar-refractivity contribution is -0.138. The topological polar surface area (TPSA) is 53.0 Å². The number of hydrogen-bond donors (Lipinski definition) is 1. The molecule has 0 aromatic heterocycles. The highest BCUT2D eigenvalue weighted by molar-refractivity contribution is 5.77. The lowest BCUT2D eigenvalue weighted by Gasteiger charge is -2.34. The summed E-state index contributed by atoms with van der Waals surface area (Å²) in [4.78, 5) is 15.7. The van der Waals surface area contributed by atoms with Gasteiger partial charge in [-0.15, -0.1) is 0 Å². The van der Waals surface area contributed by atoms with E-state index in [4.69, 9.17) is 9.84 Å². The summed E-state index contributed by atoms with van der Waals surface area (Å²) in [6, 6.07) is 4.26. The number of amides is 1. The van der Waals surface area contributed by atoms with Crippen molar-refractivity contribution >= 4 is 5.91 Å². The molecule has 1 amide bonds. The van der Waals surface area contributed by atoms with Crippen molar-refractivity contribution in [2.45, 2.75) is 6.18 Å². The van der Waals surface area contributed by atoms with Crippen molar-refractivity contribution in [3.05, 3.63) is 29.8 Å². The van der Waals surface area contributed by atoms with Crippen LogP contribution in [0.25, 0.3) is 0 Å². The van der Waals surface area contributed by atoms with E-state index in [9.17, 15) is 18.0 Å². The fraction of sp³-hybridized carbons (Fsp3) is 0.533. The summed E-state index contributed by atoms with van der Waals surface area (Å²) in [5.41, 5.74) is -0.754. The van der Waals surface area contributed by atoms with Gasteiger partial charge in [0.2, 0.25) is 0 Å². The summed E-state index contributed by atoms with van der Waals surface area (Å²) in [5, 5.41) is 8.86. The molecule has 0 atom stereocenters. The minimum atomic E-state index is -4.39. The molecule has 1 N–H and O–H groups in total. The van der Waals surface area contributed by atoms with Crippen molar-refractivity contribution < 1.29 is 27.8 Å². The number of benzene rings is 1. The van der Waals surface area contributed by atoms with E-state index in [1.165, 1.54) is 12.1 Å². The first-order valence-electron chi connectivity index (χ1n) is 7.31. The van der Waals surface area contributed by atoms with Crippen LogP contribution < -0.4 is 4.74 Å². The molecule has 1 aromatic carbocycles. The van der Waals surface area contributed by atoms with Gasteiger partial charge in [-0.05, 0) is 24.3 Å². The summed E-state index contributed by atoms with van der Waals surface area (Å²) < 4.78 is 42.6. The van der Waals surface area contributed by atoms with Crippen LogP contribution in [0.5, 0.6) is 5.75 Å². The van der Waals surface area contributed by atoms with Crippen LogP contribution in [0.4, 0.5) is 13.2 Å². The van der Waals surface area contributed by atoms with Crippen molar-refractivity contribution in [2.75, 3.05) is 45.9 Å². The predicted octanol–water partition coefficient (Wildman–Crippen LogP) is 1.22. The number of piperazine rings is 1. The molecular weight excluding hydrogens is 313 g/mol. The molecule has 0 unspecified atom stereocenters. The van der Waals surface area contributed by atoms with Gasteiger partial charge in [0.15, 0.2) is 6.61 Å². The minimum Gasteiger partial charge on any atom is -0.484 e. The molecule has 0 bridgehead atoms. The van der Waals surface area contributed by atoms with Gasteiger partial charge in [-0.1, -0.05) is 0 Å². The molecule has 1 saturated heterocycles. The molecule has 2 rings (SSSR count). The van der Waals surface area contributed by atoms with Gasteiger partial charge in [-0.25, -0.2) is 0 Å². The number of alkyl halides is 3. The standard InChI is InChI=1S/C15H19F3N2O3/c16-15(17,18)12-1-3-13(4-2-12)23-11-14(22)20-7-5-19(6-8-20)9-10-21/h1-4,21H,5-11H2. The zero-order valence-corrected chi connectivity index (χ0v) is 12.6. The number of ether oxygens (including phenoxy) is 1. The quantitative estimate of drug-likeness (QED) is 0.881. The van der Waals surface area contributed by atoms with Crippen molar-refractivity contribution in [1.29, 1.82) is 0 Å². The van der Waals surface area contributed by atoms with Gasteiger partial charge >= 0.3 is 6.18 Å². The Hall–Kier alpha value is -1.80. The van der Waals surface area contributed by atoms with Gasteiger partial charge in [0, 0.05) is 32.7 Å². The van der Waals surface area contributed by atoms with Gasteiger partial charge in [-0.2, -0.15) is 13.2 Å². The van der Waals surface area contributed by atoms with Crippen LogP contribution >= 0.6 is 0 Å². The average Bonchev–Trinajstić information content (AvgIpc) is 2.53. The first kappa shape index (κ1) is 17.6. The second kappa shape index (κ2) is 7.65. The van der Waals surface area contributed by atoms with Crippen molar-refractivity contribution in [3.8, 4) is 5.75 Å². The number of aliphatic hydroxyl groups excluding tert-OH is 1. The van der Waals surface area contributed by atoms with E-state index in [-0.39, 0.29) is 24.9 Å². The number of β-amino-alcohol motifs (C(OH)–C–C–N with tert-alkyl or cyclic N) is 1. The Bertz CT molecular complexity index is 512. The van der Waals surface area contributed by atoms with Gasteiger partial charge in [0.1, 0.15) is 5.75 Å². The summed E-state index contributed by atoms with van der Waals surface area (Å²) in [6.07, 6.45) is -4.39. The molecule has 0 radical (unpaired) electrons. The van der Waals surface area contributed by atoms with E-state index < -0.39 is 11.7 Å². The van der Waals surface area contributed by atoms with E-state index in [0.29, 0.717) is 32.7 Å². The Morgan fingerprint density at radius 1 is 1.13 bits per heavy atom. The van der Waals surface area contributed by atoms with Crippen LogP contribution in [0.15, 0.2) is 24.3 Å². The molecule has 5 nitrogen and oxygen atoms in total. The van der Waals surface area contributed by atoms with E-state index in [1.807, 2.05) is 0 Å². The summed E-state index contributed by atoms with van der Waals surface area (Å²) in [5.74, 6) is 0.0267. The third-order valence-corrected chi connectivity index (χ3v) is 3.69.